The normalized spacial score (nSPS) is 41.0. The number of piperazine rings is 1. The summed E-state index contributed by atoms with van der Waals surface area (Å²) in [6, 6.07) is 0.0138. The van der Waals surface area contributed by atoms with Crippen LogP contribution >= 0.6 is 0 Å². The summed E-state index contributed by atoms with van der Waals surface area (Å²) in [7, 11) is 0. The van der Waals surface area contributed by atoms with Gasteiger partial charge in [0.25, 0.3) is 0 Å². The van der Waals surface area contributed by atoms with Crippen molar-refractivity contribution in [3.8, 4) is 0 Å². The van der Waals surface area contributed by atoms with Crippen molar-refractivity contribution in [2.45, 2.75) is 71.0 Å². The van der Waals surface area contributed by atoms with Crippen LogP contribution in [0, 0.1) is 17.8 Å². The van der Waals surface area contributed by atoms with E-state index in [-0.39, 0.29) is 23.8 Å². The standard InChI is InChI=1S/C16H26N2O2/c1-5-10-8-12(10)18-13(9(2)3)14(19)17-16(4,15(18)20)11-6-7-11/h9-13H,5-8H2,1-4H3,(H,17,19). The molecular formula is C16H26N2O2. The van der Waals surface area contributed by atoms with Crippen LogP contribution in [0.5, 0.6) is 0 Å². The highest BCUT2D eigenvalue weighted by atomic mass is 16.2. The van der Waals surface area contributed by atoms with Crippen molar-refractivity contribution in [3.05, 3.63) is 0 Å². The first-order valence-corrected chi connectivity index (χ1v) is 8.05. The minimum Gasteiger partial charge on any atom is -0.340 e. The quantitative estimate of drug-likeness (QED) is 0.854. The molecule has 0 bridgehead atoms. The fourth-order valence-electron chi connectivity index (χ4n) is 3.83. The molecule has 3 fully saturated rings. The van der Waals surface area contributed by atoms with Crippen LogP contribution in [0.2, 0.25) is 0 Å². The third kappa shape index (κ3) is 1.95. The number of hydrogen-bond acceptors (Lipinski definition) is 2. The predicted octanol–water partition coefficient (Wildman–Crippen LogP) is 1.94. The molecule has 112 valence electrons. The first kappa shape index (κ1) is 13.9. The molecule has 1 heterocycles. The lowest BCUT2D eigenvalue weighted by Crippen LogP contribution is -2.71. The Bertz CT molecular complexity index is 444. The van der Waals surface area contributed by atoms with Gasteiger partial charge in [-0.1, -0.05) is 27.2 Å². The summed E-state index contributed by atoms with van der Waals surface area (Å²) in [5, 5.41) is 3.05. The second-order valence-electron chi connectivity index (χ2n) is 7.34. The number of rotatable bonds is 4. The highest BCUT2D eigenvalue weighted by Crippen LogP contribution is 2.47. The van der Waals surface area contributed by atoms with Crippen molar-refractivity contribution < 1.29 is 9.59 Å². The Kier molecular flexibility index (Phi) is 3.11. The third-order valence-corrected chi connectivity index (χ3v) is 5.42. The van der Waals surface area contributed by atoms with Crippen LogP contribution in [0.1, 0.15) is 53.4 Å². The highest BCUT2D eigenvalue weighted by molar-refractivity contribution is 6.00. The second-order valence-corrected chi connectivity index (χ2v) is 7.34. The minimum absolute atomic E-state index is 0.0516. The molecule has 0 aromatic carbocycles. The Morgan fingerprint density at radius 2 is 2.00 bits per heavy atom. The smallest absolute Gasteiger partial charge is 0.249 e. The number of hydrogen-bond donors (Lipinski definition) is 1. The molecule has 3 rings (SSSR count). The molecule has 0 aromatic rings. The van der Waals surface area contributed by atoms with E-state index in [1.807, 2.05) is 25.7 Å². The fourth-order valence-corrected chi connectivity index (χ4v) is 3.83. The zero-order valence-corrected chi connectivity index (χ0v) is 13.0. The maximum Gasteiger partial charge on any atom is 0.249 e. The molecule has 4 atom stereocenters. The van der Waals surface area contributed by atoms with Crippen molar-refractivity contribution in [2.75, 3.05) is 0 Å². The van der Waals surface area contributed by atoms with Gasteiger partial charge in [0.05, 0.1) is 0 Å². The van der Waals surface area contributed by atoms with E-state index in [1.54, 1.807) is 0 Å². The molecule has 4 unspecified atom stereocenters. The maximum atomic E-state index is 13.0. The van der Waals surface area contributed by atoms with Crippen LogP contribution < -0.4 is 5.32 Å². The summed E-state index contributed by atoms with van der Waals surface area (Å²) in [5.41, 5.74) is -0.649. The zero-order valence-electron chi connectivity index (χ0n) is 13.0. The van der Waals surface area contributed by atoms with Gasteiger partial charge < -0.3 is 10.2 Å². The molecule has 1 saturated heterocycles. The van der Waals surface area contributed by atoms with Gasteiger partial charge in [0.1, 0.15) is 11.6 Å². The Morgan fingerprint density at radius 1 is 1.35 bits per heavy atom. The lowest BCUT2D eigenvalue weighted by atomic mass is 9.86. The van der Waals surface area contributed by atoms with E-state index in [0.717, 1.165) is 25.7 Å². The molecule has 4 nitrogen and oxygen atoms in total. The molecule has 4 heteroatoms. The van der Waals surface area contributed by atoms with Crippen LogP contribution in [-0.4, -0.2) is 34.3 Å². The van der Waals surface area contributed by atoms with Crippen LogP contribution in [0.3, 0.4) is 0 Å². The summed E-state index contributed by atoms with van der Waals surface area (Å²) < 4.78 is 0. The van der Waals surface area contributed by atoms with Gasteiger partial charge in [-0.25, -0.2) is 0 Å². The van der Waals surface area contributed by atoms with Gasteiger partial charge in [-0.2, -0.15) is 0 Å². The number of carbonyl (C=O) groups is 2. The van der Waals surface area contributed by atoms with E-state index in [1.165, 1.54) is 0 Å². The van der Waals surface area contributed by atoms with Crippen molar-refractivity contribution in [1.29, 1.82) is 0 Å². The molecular weight excluding hydrogens is 252 g/mol. The summed E-state index contributed by atoms with van der Waals surface area (Å²) in [6.45, 7) is 8.17. The van der Waals surface area contributed by atoms with Crippen molar-refractivity contribution in [1.82, 2.24) is 10.2 Å². The van der Waals surface area contributed by atoms with E-state index in [0.29, 0.717) is 17.9 Å². The van der Waals surface area contributed by atoms with E-state index >= 15 is 0 Å². The number of nitrogens with zero attached hydrogens (tertiary/aromatic N) is 1. The Labute approximate surface area is 121 Å². The largest absolute Gasteiger partial charge is 0.340 e. The van der Waals surface area contributed by atoms with Crippen molar-refractivity contribution in [2.24, 2.45) is 17.8 Å². The summed E-state index contributed by atoms with van der Waals surface area (Å²) in [4.78, 5) is 27.6. The maximum absolute atomic E-state index is 13.0. The van der Waals surface area contributed by atoms with E-state index in [9.17, 15) is 9.59 Å². The molecule has 2 amide bonds. The van der Waals surface area contributed by atoms with Crippen LogP contribution in [0.4, 0.5) is 0 Å². The molecule has 2 aliphatic carbocycles. The zero-order chi connectivity index (χ0) is 14.7. The SMILES string of the molecule is CCC1CC1N1C(=O)C(C)(C2CC2)NC(=O)C1C(C)C. The minimum atomic E-state index is -0.649. The van der Waals surface area contributed by atoms with Gasteiger partial charge in [-0.05, 0) is 43.9 Å². The molecule has 0 aromatic heterocycles. The first-order valence-electron chi connectivity index (χ1n) is 8.05. The average molecular weight is 278 g/mol. The molecule has 1 N–H and O–H groups in total. The summed E-state index contributed by atoms with van der Waals surface area (Å²) >= 11 is 0. The van der Waals surface area contributed by atoms with Gasteiger partial charge in [0.2, 0.25) is 11.8 Å². The Hall–Kier alpha value is -1.06. The van der Waals surface area contributed by atoms with Gasteiger partial charge in [0.15, 0.2) is 0 Å². The molecule has 20 heavy (non-hydrogen) atoms. The lowest BCUT2D eigenvalue weighted by molar-refractivity contribution is -0.158. The van der Waals surface area contributed by atoms with Gasteiger partial charge >= 0.3 is 0 Å². The topological polar surface area (TPSA) is 49.4 Å². The molecule has 0 spiro atoms. The third-order valence-electron chi connectivity index (χ3n) is 5.42. The summed E-state index contributed by atoms with van der Waals surface area (Å²) in [6.07, 6.45) is 4.29. The van der Waals surface area contributed by atoms with Crippen LogP contribution in [0.15, 0.2) is 0 Å². The second kappa shape index (κ2) is 4.47. The van der Waals surface area contributed by atoms with Crippen LogP contribution in [-0.2, 0) is 9.59 Å². The van der Waals surface area contributed by atoms with E-state index in [2.05, 4.69) is 12.2 Å². The molecule has 1 aliphatic heterocycles. The molecule has 0 radical (unpaired) electrons. The lowest BCUT2D eigenvalue weighted by Gasteiger charge is -2.46. The van der Waals surface area contributed by atoms with E-state index < -0.39 is 5.54 Å². The number of carbonyl (C=O) groups excluding carboxylic acids is 2. The van der Waals surface area contributed by atoms with Crippen molar-refractivity contribution in [3.63, 3.8) is 0 Å². The Balaban J connectivity index is 1.91. The highest BCUT2D eigenvalue weighted by Gasteiger charge is 2.59. The number of amides is 2. The van der Waals surface area contributed by atoms with Crippen LogP contribution in [0.25, 0.3) is 0 Å². The van der Waals surface area contributed by atoms with Crippen molar-refractivity contribution >= 4 is 11.8 Å². The van der Waals surface area contributed by atoms with Gasteiger partial charge in [-0.3, -0.25) is 9.59 Å². The van der Waals surface area contributed by atoms with Gasteiger partial charge in [0, 0.05) is 6.04 Å². The number of nitrogens with one attached hydrogen (secondary N) is 1. The Morgan fingerprint density at radius 3 is 2.45 bits per heavy atom. The van der Waals surface area contributed by atoms with Gasteiger partial charge in [-0.15, -0.1) is 0 Å². The fraction of sp³-hybridized carbons (Fsp3) is 0.875. The van der Waals surface area contributed by atoms with E-state index in [4.69, 9.17) is 0 Å². The first-order chi connectivity index (χ1) is 9.40. The monoisotopic (exact) mass is 278 g/mol. The predicted molar refractivity (Wildman–Crippen MR) is 76.9 cm³/mol. The average Bonchev–Trinajstić information content (AvgIpc) is 3.26. The molecule has 2 saturated carbocycles. The molecule has 3 aliphatic rings. The summed E-state index contributed by atoms with van der Waals surface area (Å²) in [5.74, 6) is 1.32.